The predicted molar refractivity (Wildman–Crippen MR) is 123 cm³/mol. The molecule has 1 N–H and O–H groups in total. The van der Waals surface area contributed by atoms with Crippen LogP contribution in [0.5, 0.6) is 0 Å². The van der Waals surface area contributed by atoms with E-state index in [0.29, 0.717) is 10.1 Å². The van der Waals surface area contributed by atoms with Gasteiger partial charge in [0.15, 0.2) is 5.17 Å². The van der Waals surface area contributed by atoms with Crippen molar-refractivity contribution in [2.75, 3.05) is 19.0 Å². The van der Waals surface area contributed by atoms with Gasteiger partial charge in [0.2, 0.25) is 0 Å². The van der Waals surface area contributed by atoms with Gasteiger partial charge in [0.1, 0.15) is 0 Å². The summed E-state index contributed by atoms with van der Waals surface area (Å²) in [4.78, 5) is 19.6. The lowest BCUT2D eigenvalue weighted by Gasteiger charge is -2.14. The minimum atomic E-state index is -0.128. The van der Waals surface area contributed by atoms with Crippen molar-refractivity contribution < 1.29 is 4.79 Å². The fourth-order valence-corrected chi connectivity index (χ4v) is 4.53. The Kier molecular flexibility index (Phi) is 6.13. The number of halogens is 2. The van der Waals surface area contributed by atoms with Crippen molar-refractivity contribution in [2.24, 2.45) is 4.99 Å². The molecule has 0 spiro atoms. The van der Waals surface area contributed by atoms with Crippen LogP contribution in [0.1, 0.15) is 16.7 Å². The standard InChI is InChI=1S/C20H19Br2N3OS/c1-11-7-14(8-12(2)18(11)22)23-20-24-19(26)17(27-20)10-13-5-6-16(25(3)4)15(21)9-13/h5-10H,1-4H3,(H,23,24,26)/b17-10-. The second-order valence-electron chi connectivity index (χ2n) is 6.48. The molecule has 7 heteroatoms. The first kappa shape index (κ1) is 20.2. The van der Waals surface area contributed by atoms with E-state index in [0.717, 1.165) is 37.0 Å². The molecule has 1 aliphatic rings. The van der Waals surface area contributed by atoms with Gasteiger partial charge in [-0.05, 0) is 88.6 Å². The van der Waals surface area contributed by atoms with Gasteiger partial charge in [0.05, 0.1) is 16.3 Å². The molecule has 2 aromatic carbocycles. The maximum Gasteiger partial charge on any atom is 0.264 e. The quantitative estimate of drug-likeness (QED) is 0.534. The molecule has 2 aromatic rings. The molecule has 0 atom stereocenters. The van der Waals surface area contributed by atoms with E-state index in [9.17, 15) is 4.79 Å². The van der Waals surface area contributed by atoms with E-state index in [4.69, 9.17) is 0 Å². The monoisotopic (exact) mass is 507 g/mol. The number of hydrogen-bond donors (Lipinski definition) is 1. The third-order valence-electron chi connectivity index (χ3n) is 4.05. The van der Waals surface area contributed by atoms with Gasteiger partial charge in [-0.1, -0.05) is 22.0 Å². The number of anilines is 1. The topological polar surface area (TPSA) is 44.7 Å². The number of carbonyl (C=O) groups excluding carboxylic acids is 1. The normalized spacial score (nSPS) is 16.9. The highest BCUT2D eigenvalue weighted by Crippen LogP contribution is 2.32. The van der Waals surface area contributed by atoms with Crippen LogP contribution in [0.2, 0.25) is 0 Å². The molecule has 0 aromatic heterocycles. The van der Waals surface area contributed by atoms with Crippen molar-refractivity contribution >= 4 is 72.1 Å². The number of amides is 1. The highest BCUT2D eigenvalue weighted by Gasteiger charge is 2.24. The summed E-state index contributed by atoms with van der Waals surface area (Å²) in [6, 6.07) is 10.0. The van der Waals surface area contributed by atoms with Crippen molar-refractivity contribution in [3.8, 4) is 0 Å². The molecule has 0 saturated carbocycles. The van der Waals surface area contributed by atoms with Gasteiger partial charge in [-0.15, -0.1) is 0 Å². The Bertz CT molecular complexity index is 960. The maximum atomic E-state index is 12.3. The molecule has 1 saturated heterocycles. The van der Waals surface area contributed by atoms with E-state index in [1.165, 1.54) is 11.8 Å². The Labute approximate surface area is 180 Å². The van der Waals surface area contributed by atoms with E-state index < -0.39 is 0 Å². The number of nitrogens with one attached hydrogen (secondary N) is 1. The van der Waals surface area contributed by atoms with E-state index in [1.54, 1.807) is 0 Å². The number of carbonyl (C=O) groups is 1. The molecule has 0 radical (unpaired) electrons. The second-order valence-corrected chi connectivity index (χ2v) is 9.16. The molecule has 0 unspecified atom stereocenters. The zero-order valence-electron chi connectivity index (χ0n) is 15.4. The fraction of sp³-hybridized carbons (Fsp3) is 0.200. The molecule has 4 nitrogen and oxygen atoms in total. The summed E-state index contributed by atoms with van der Waals surface area (Å²) in [6.45, 7) is 4.06. The number of thioether (sulfide) groups is 1. The van der Waals surface area contributed by atoms with Gasteiger partial charge in [-0.2, -0.15) is 0 Å². The first-order valence-electron chi connectivity index (χ1n) is 8.28. The van der Waals surface area contributed by atoms with Crippen molar-refractivity contribution in [2.45, 2.75) is 13.8 Å². The van der Waals surface area contributed by atoms with Crippen molar-refractivity contribution in [1.29, 1.82) is 0 Å². The lowest BCUT2D eigenvalue weighted by Crippen LogP contribution is -2.19. The molecule has 1 amide bonds. The van der Waals surface area contributed by atoms with Crippen LogP contribution in [0.3, 0.4) is 0 Å². The van der Waals surface area contributed by atoms with Crippen LogP contribution in [0.15, 0.2) is 49.2 Å². The summed E-state index contributed by atoms with van der Waals surface area (Å²) in [5.41, 5.74) is 5.11. The second kappa shape index (κ2) is 8.20. The fourth-order valence-electron chi connectivity index (χ4n) is 2.71. The smallest absolute Gasteiger partial charge is 0.264 e. The maximum absolute atomic E-state index is 12.3. The summed E-state index contributed by atoms with van der Waals surface area (Å²) >= 11 is 8.50. The molecule has 0 aliphatic carbocycles. The molecular formula is C20H19Br2N3OS. The molecule has 1 aliphatic heterocycles. The van der Waals surface area contributed by atoms with Gasteiger partial charge in [0, 0.05) is 23.0 Å². The van der Waals surface area contributed by atoms with Crippen LogP contribution in [0.25, 0.3) is 6.08 Å². The number of nitrogens with zero attached hydrogens (tertiary/aromatic N) is 2. The lowest BCUT2D eigenvalue weighted by atomic mass is 10.1. The Morgan fingerprint density at radius 2 is 1.78 bits per heavy atom. The molecular weight excluding hydrogens is 490 g/mol. The molecule has 140 valence electrons. The molecule has 27 heavy (non-hydrogen) atoms. The Morgan fingerprint density at radius 3 is 2.37 bits per heavy atom. The van der Waals surface area contributed by atoms with Crippen LogP contribution in [0.4, 0.5) is 11.4 Å². The largest absolute Gasteiger partial charge is 0.377 e. The van der Waals surface area contributed by atoms with E-state index in [2.05, 4.69) is 42.2 Å². The Balaban J connectivity index is 1.85. The minimum absolute atomic E-state index is 0.128. The summed E-state index contributed by atoms with van der Waals surface area (Å²) in [6.07, 6.45) is 1.88. The third-order valence-corrected chi connectivity index (χ3v) is 6.85. The van der Waals surface area contributed by atoms with Crippen LogP contribution < -0.4 is 10.2 Å². The van der Waals surface area contributed by atoms with E-state index in [1.807, 2.05) is 69.3 Å². The average Bonchev–Trinajstić information content (AvgIpc) is 2.91. The zero-order chi connectivity index (χ0) is 19.7. The Morgan fingerprint density at radius 1 is 1.11 bits per heavy atom. The summed E-state index contributed by atoms with van der Waals surface area (Å²) in [5.74, 6) is -0.128. The van der Waals surface area contributed by atoms with E-state index >= 15 is 0 Å². The van der Waals surface area contributed by atoms with Crippen LogP contribution in [-0.2, 0) is 4.79 Å². The van der Waals surface area contributed by atoms with Crippen LogP contribution in [-0.4, -0.2) is 25.2 Å². The Hall–Kier alpha value is -1.57. The van der Waals surface area contributed by atoms with Crippen molar-refractivity contribution in [3.05, 3.63) is 60.9 Å². The number of amidine groups is 1. The number of rotatable bonds is 3. The molecule has 0 bridgehead atoms. The summed E-state index contributed by atoms with van der Waals surface area (Å²) < 4.78 is 2.07. The van der Waals surface area contributed by atoms with Gasteiger partial charge in [-0.25, -0.2) is 4.99 Å². The SMILES string of the molecule is Cc1cc(N=C2NC(=O)/C(=C/c3ccc(N(C)C)c(Br)c3)S2)cc(C)c1Br. The minimum Gasteiger partial charge on any atom is -0.377 e. The number of aryl methyl sites for hydroxylation is 2. The van der Waals surface area contributed by atoms with Crippen molar-refractivity contribution in [3.63, 3.8) is 0 Å². The molecule has 1 fully saturated rings. The molecule has 3 rings (SSSR count). The summed E-state index contributed by atoms with van der Waals surface area (Å²) in [7, 11) is 3.99. The van der Waals surface area contributed by atoms with Gasteiger partial charge in [-0.3, -0.25) is 4.79 Å². The van der Waals surface area contributed by atoms with E-state index in [-0.39, 0.29) is 5.91 Å². The van der Waals surface area contributed by atoms with Crippen molar-refractivity contribution in [1.82, 2.24) is 5.32 Å². The van der Waals surface area contributed by atoms with Crippen LogP contribution in [0, 0.1) is 13.8 Å². The number of benzene rings is 2. The van der Waals surface area contributed by atoms with Gasteiger partial charge in [0.25, 0.3) is 5.91 Å². The summed E-state index contributed by atoms with van der Waals surface area (Å²) in [5, 5.41) is 3.44. The highest BCUT2D eigenvalue weighted by atomic mass is 79.9. The zero-order valence-corrected chi connectivity index (χ0v) is 19.4. The average molecular weight is 509 g/mol. The first-order chi connectivity index (χ1) is 12.7. The molecule has 1 heterocycles. The predicted octanol–water partition coefficient (Wildman–Crippen LogP) is 5.79. The number of hydrogen-bond acceptors (Lipinski definition) is 4. The lowest BCUT2D eigenvalue weighted by molar-refractivity contribution is -0.115. The van der Waals surface area contributed by atoms with Gasteiger partial charge >= 0.3 is 0 Å². The van der Waals surface area contributed by atoms with Crippen LogP contribution >= 0.6 is 43.6 Å². The first-order valence-corrected chi connectivity index (χ1v) is 10.7. The third kappa shape index (κ3) is 4.65. The number of aliphatic imine (C=N–C) groups is 1. The highest BCUT2D eigenvalue weighted by molar-refractivity contribution is 9.11. The van der Waals surface area contributed by atoms with Gasteiger partial charge < -0.3 is 10.2 Å².